The maximum Gasteiger partial charge on any atom is 0.0615 e. The average Bonchev–Trinajstić information content (AvgIpc) is 2.34. The summed E-state index contributed by atoms with van der Waals surface area (Å²) in [5.41, 5.74) is 7.71. The van der Waals surface area contributed by atoms with Crippen molar-refractivity contribution in [1.82, 2.24) is 0 Å². The molecule has 0 heterocycles. The summed E-state index contributed by atoms with van der Waals surface area (Å²) >= 11 is 12.0. The summed E-state index contributed by atoms with van der Waals surface area (Å²) in [6.45, 7) is 0. The third-order valence-corrected chi connectivity index (χ3v) is 4.29. The zero-order chi connectivity index (χ0) is 12.4. The first-order valence-corrected chi connectivity index (χ1v) is 6.82. The molecule has 1 aromatic carbocycles. The van der Waals surface area contributed by atoms with E-state index in [9.17, 15) is 0 Å². The smallest absolute Gasteiger partial charge is 0.0615 e. The van der Waals surface area contributed by atoms with E-state index < -0.39 is 0 Å². The minimum absolute atomic E-state index is 0.518. The van der Waals surface area contributed by atoms with Crippen LogP contribution < -0.4 is 10.6 Å². The Kier molecular flexibility index (Phi) is 4.05. The largest absolute Gasteiger partial charge is 0.397 e. The first kappa shape index (κ1) is 12.8. The van der Waals surface area contributed by atoms with E-state index in [-0.39, 0.29) is 0 Å². The first-order chi connectivity index (χ1) is 8.09. The minimum atomic E-state index is 0.518. The molecule has 0 bridgehead atoms. The van der Waals surface area contributed by atoms with Gasteiger partial charge in [-0.1, -0.05) is 42.5 Å². The van der Waals surface area contributed by atoms with Gasteiger partial charge in [-0.15, -0.1) is 0 Å². The second kappa shape index (κ2) is 5.36. The molecule has 1 aliphatic carbocycles. The van der Waals surface area contributed by atoms with Gasteiger partial charge >= 0.3 is 0 Å². The van der Waals surface area contributed by atoms with Gasteiger partial charge in [-0.05, 0) is 25.0 Å². The van der Waals surface area contributed by atoms with E-state index in [0.29, 0.717) is 21.8 Å². The van der Waals surface area contributed by atoms with Crippen LogP contribution in [0.1, 0.15) is 32.1 Å². The summed E-state index contributed by atoms with van der Waals surface area (Å²) < 4.78 is 0. The molecule has 0 saturated heterocycles. The lowest BCUT2D eigenvalue weighted by Gasteiger charge is -2.33. The highest BCUT2D eigenvalue weighted by Crippen LogP contribution is 2.35. The van der Waals surface area contributed by atoms with Crippen molar-refractivity contribution in [2.45, 2.75) is 38.1 Å². The highest BCUT2D eigenvalue weighted by atomic mass is 35.5. The van der Waals surface area contributed by atoms with Crippen molar-refractivity contribution in [3.05, 3.63) is 22.2 Å². The van der Waals surface area contributed by atoms with Crippen molar-refractivity contribution in [2.75, 3.05) is 17.7 Å². The van der Waals surface area contributed by atoms with Crippen LogP contribution in [0.15, 0.2) is 12.1 Å². The van der Waals surface area contributed by atoms with Crippen LogP contribution in [0.2, 0.25) is 10.0 Å². The molecule has 0 unspecified atom stereocenters. The fourth-order valence-electron chi connectivity index (χ4n) is 2.52. The van der Waals surface area contributed by atoms with E-state index in [1.807, 2.05) is 6.07 Å². The highest BCUT2D eigenvalue weighted by molar-refractivity contribution is 6.42. The molecule has 2 nitrogen and oxygen atoms in total. The molecular weight excluding hydrogens is 255 g/mol. The fourth-order valence-corrected chi connectivity index (χ4v) is 2.85. The Balaban J connectivity index is 2.23. The van der Waals surface area contributed by atoms with Gasteiger partial charge in [0.1, 0.15) is 0 Å². The van der Waals surface area contributed by atoms with Crippen LogP contribution in [-0.2, 0) is 0 Å². The molecule has 94 valence electrons. The van der Waals surface area contributed by atoms with Gasteiger partial charge in [-0.25, -0.2) is 0 Å². The van der Waals surface area contributed by atoms with Gasteiger partial charge in [0.2, 0.25) is 0 Å². The van der Waals surface area contributed by atoms with Crippen LogP contribution in [0.4, 0.5) is 11.4 Å². The molecule has 1 fully saturated rings. The van der Waals surface area contributed by atoms with Crippen molar-refractivity contribution in [3.8, 4) is 0 Å². The SMILES string of the molecule is CN(c1cc(Cl)c(Cl)cc1N)C1CCCCC1. The van der Waals surface area contributed by atoms with Crippen molar-refractivity contribution >= 4 is 34.6 Å². The third-order valence-electron chi connectivity index (χ3n) is 3.57. The molecule has 2 N–H and O–H groups in total. The summed E-state index contributed by atoms with van der Waals surface area (Å²) in [6, 6.07) is 4.18. The second-order valence-corrected chi connectivity index (χ2v) is 5.54. The molecule has 1 aromatic rings. The van der Waals surface area contributed by atoms with E-state index in [4.69, 9.17) is 28.9 Å². The summed E-state index contributed by atoms with van der Waals surface area (Å²) in [4.78, 5) is 2.25. The Hall–Kier alpha value is -0.600. The minimum Gasteiger partial charge on any atom is -0.397 e. The summed E-state index contributed by atoms with van der Waals surface area (Å²) in [6.07, 6.45) is 6.42. The van der Waals surface area contributed by atoms with E-state index in [0.717, 1.165) is 5.69 Å². The maximum absolute atomic E-state index is 6.05. The number of nitrogens with two attached hydrogens (primary N) is 1. The summed E-state index contributed by atoms with van der Waals surface area (Å²) in [5, 5.41) is 1.09. The topological polar surface area (TPSA) is 29.3 Å². The van der Waals surface area contributed by atoms with Gasteiger partial charge in [0.15, 0.2) is 0 Å². The van der Waals surface area contributed by atoms with Crippen LogP contribution in [-0.4, -0.2) is 13.1 Å². The lowest BCUT2D eigenvalue weighted by Crippen LogP contribution is -2.33. The zero-order valence-corrected chi connectivity index (χ0v) is 11.6. The lowest BCUT2D eigenvalue weighted by molar-refractivity contribution is 0.428. The quantitative estimate of drug-likeness (QED) is 0.812. The van der Waals surface area contributed by atoms with Gasteiger partial charge in [0.25, 0.3) is 0 Å². The van der Waals surface area contributed by atoms with E-state index in [1.54, 1.807) is 6.07 Å². The normalized spacial score (nSPS) is 17.1. The van der Waals surface area contributed by atoms with E-state index >= 15 is 0 Å². The molecule has 4 heteroatoms. The van der Waals surface area contributed by atoms with Crippen molar-refractivity contribution in [1.29, 1.82) is 0 Å². The number of nitrogen functional groups attached to an aromatic ring is 1. The number of anilines is 2. The predicted molar refractivity (Wildman–Crippen MR) is 76.2 cm³/mol. The fraction of sp³-hybridized carbons (Fsp3) is 0.538. The van der Waals surface area contributed by atoms with Gasteiger partial charge < -0.3 is 10.6 Å². The van der Waals surface area contributed by atoms with Gasteiger partial charge in [0, 0.05) is 13.1 Å². The van der Waals surface area contributed by atoms with Crippen LogP contribution in [0.3, 0.4) is 0 Å². The number of rotatable bonds is 2. The number of hydrogen-bond donors (Lipinski definition) is 1. The van der Waals surface area contributed by atoms with Gasteiger partial charge in [-0.3, -0.25) is 0 Å². The highest BCUT2D eigenvalue weighted by Gasteiger charge is 2.20. The van der Waals surface area contributed by atoms with Gasteiger partial charge in [-0.2, -0.15) is 0 Å². The van der Waals surface area contributed by atoms with Crippen LogP contribution >= 0.6 is 23.2 Å². The Morgan fingerprint density at radius 3 is 2.35 bits per heavy atom. The molecule has 2 rings (SSSR count). The lowest BCUT2D eigenvalue weighted by atomic mass is 9.94. The summed E-state index contributed by atoms with van der Waals surface area (Å²) in [5.74, 6) is 0. The van der Waals surface area contributed by atoms with Crippen molar-refractivity contribution in [2.24, 2.45) is 0 Å². The number of hydrogen-bond acceptors (Lipinski definition) is 2. The van der Waals surface area contributed by atoms with Crippen molar-refractivity contribution < 1.29 is 0 Å². The molecule has 17 heavy (non-hydrogen) atoms. The molecule has 0 radical (unpaired) electrons. The van der Waals surface area contributed by atoms with Crippen LogP contribution in [0.5, 0.6) is 0 Å². The van der Waals surface area contributed by atoms with E-state index in [2.05, 4.69) is 11.9 Å². The average molecular weight is 273 g/mol. The monoisotopic (exact) mass is 272 g/mol. The molecule has 0 atom stereocenters. The standard InChI is InChI=1S/C13H18Cl2N2/c1-17(9-5-3-2-4-6-9)13-8-11(15)10(14)7-12(13)16/h7-9H,2-6,16H2,1H3. The van der Waals surface area contributed by atoms with E-state index in [1.165, 1.54) is 32.1 Å². The molecule has 0 aliphatic heterocycles. The first-order valence-electron chi connectivity index (χ1n) is 6.07. The molecule has 0 aromatic heterocycles. The third kappa shape index (κ3) is 2.80. The molecular formula is C13H18Cl2N2. The molecule has 1 saturated carbocycles. The zero-order valence-electron chi connectivity index (χ0n) is 10.0. The number of nitrogens with zero attached hydrogens (tertiary/aromatic N) is 1. The summed E-state index contributed by atoms with van der Waals surface area (Å²) in [7, 11) is 2.09. The maximum atomic E-state index is 6.05. The number of benzene rings is 1. The molecule has 0 spiro atoms. The second-order valence-electron chi connectivity index (χ2n) is 4.73. The van der Waals surface area contributed by atoms with Crippen LogP contribution in [0.25, 0.3) is 0 Å². The number of halogens is 2. The Morgan fingerprint density at radius 2 is 1.71 bits per heavy atom. The van der Waals surface area contributed by atoms with Gasteiger partial charge in [0.05, 0.1) is 21.4 Å². The Labute approximate surface area is 113 Å². The van der Waals surface area contributed by atoms with Crippen LogP contribution in [0, 0.1) is 0 Å². The molecule has 1 aliphatic rings. The Morgan fingerprint density at radius 1 is 1.12 bits per heavy atom. The Bertz CT molecular complexity index is 401. The molecule has 0 amide bonds. The predicted octanol–water partition coefficient (Wildman–Crippen LogP) is 4.34. The van der Waals surface area contributed by atoms with Crippen molar-refractivity contribution in [3.63, 3.8) is 0 Å².